The summed E-state index contributed by atoms with van der Waals surface area (Å²) in [6.07, 6.45) is 0.875. The molecule has 0 atom stereocenters. The van der Waals surface area contributed by atoms with Crippen molar-refractivity contribution in [2.24, 2.45) is 0 Å². The maximum atomic E-state index is 5.89. The minimum atomic E-state index is 0.736. The molecule has 2 aromatic rings. The fraction of sp³-hybridized carbons (Fsp3) is 0.333. The van der Waals surface area contributed by atoms with Gasteiger partial charge in [0.1, 0.15) is 11.6 Å². The number of thioether (sulfide) groups is 1. The predicted molar refractivity (Wildman–Crippen MR) is 94.3 cm³/mol. The molecule has 0 amide bonds. The predicted octanol–water partition coefficient (Wildman–Crippen LogP) is 5.18. The molecule has 21 heavy (non-hydrogen) atoms. The molecule has 0 unspecified atom stereocenters. The molecule has 0 aliphatic heterocycles. The van der Waals surface area contributed by atoms with Gasteiger partial charge in [0.05, 0.1) is 15.9 Å². The molecule has 1 heterocycles. The van der Waals surface area contributed by atoms with Gasteiger partial charge in [0.2, 0.25) is 0 Å². The molecule has 0 aliphatic rings. The van der Waals surface area contributed by atoms with Crippen molar-refractivity contribution in [2.45, 2.75) is 30.9 Å². The topological polar surface area (TPSA) is 37.8 Å². The Kier molecular flexibility index (Phi) is 6.33. The van der Waals surface area contributed by atoms with Crippen LogP contribution in [0.5, 0.6) is 0 Å². The minimum Gasteiger partial charge on any atom is -0.369 e. The standard InChI is InChI=1S/C15H17BrClN3S/c1-3-12-14(16)15(18-4-2)20-13(19-12)9-21-11-7-5-10(17)6-8-11/h5-8H,3-4,9H2,1-2H3,(H,18,19,20). The number of anilines is 1. The van der Waals surface area contributed by atoms with Gasteiger partial charge in [-0.25, -0.2) is 9.97 Å². The van der Waals surface area contributed by atoms with Crippen LogP contribution in [0.25, 0.3) is 0 Å². The molecule has 1 aromatic carbocycles. The number of hydrogen-bond acceptors (Lipinski definition) is 4. The third-order valence-electron chi connectivity index (χ3n) is 2.83. The van der Waals surface area contributed by atoms with E-state index in [1.54, 1.807) is 11.8 Å². The zero-order valence-electron chi connectivity index (χ0n) is 12.0. The summed E-state index contributed by atoms with van der Waals surface area (Å²) in [5.41, 5.74) is 1.03. The van der Waals surface area contributed by atoms with Crippen molar-refractivity contribution < 1.29 is 0 Å². The molecule has 1 aromatic heterocycles. The van der Waals surface area contributed by atoms with Crippen molar-refractivity contribution >= 4 is 45.1 Å². The number of nitrogens with zero attached hydrogens (tertiary/aromatic N) is 2. The molecule has 112 valence electrons. The van der Waals surface area contributed by atoms with Gasteiger partial charge in [0.25, 0.3) is 0 Å². The number of rotatable bonds is 6. The largest absolute Gasteiger partial charge is 0.369 e. The van der Waals surface area contributed by atoms with E-state index in [0.29, 0.717) is 0 Å². The second kappa shape index (κ2) is 8.01. The molecule has 2 rings (SSSR count). The molecular weight excluding hydrogens is 370 g/mol. The van der Waals surface area contributed by atoms with Gasteiger partial charge in [-0.2, -0.15) is 0 Å². The number of aryl methyl sites for hydroxylation is 1. The molecule has 0 bridgehead atoms. The van der Waals surface area contributed by atoms with Crippen LogP contribution in [-0.2, 0) is 12.2 Å². The van der Waals surface area contributed by atoms with Crippen LogP contribution in [0.1, 0.15) is 25.4 Å². The summed E-state index contributed by atoms with van der Waals surface area (Å²) < 4.78 is 0.965. The van der Waals surface area contributed by atoms with Crippen molar-refractivity contribution in [1.29, 1.82) is 0 Å². The molecule has 0 saturated carbocycles. The van der Waals surface area contributed by atoms with Crippen molar-refractivity contribution in [1.82, 2.24) is 9.97 Å². The summed E-state index contributed by atoms with van der Waals surface area (Å²) in [5.74, 6) is 2.45. The van der Waals surface area contributed by atoms with E-state index in [9.17, 15) is 0 Å². The summed E-state index contributed by atoms with van der Waals surface area (Å²) in [6.45, 7) is 4.99. The molecule has 1 N–H and O–H groups in total. The van der Waals surface area contributed by atoms with Gasteiger partial charge in [-0.3, -0.25) is 0 Å². The smallest absolute Gasteiger partial charge is 0.144 e. The van der Waals surface area contributed by atoms with E-state index in [2.05, 4.69) is 45.1 Å². The highest BCUT2D eigenvalue weighted by atomic mass is 79.9. The summed E-state index contributed by atoms with van der Waals surface area (Å²) in [6, 6.07) is 7.82. The summed E-state index contributed by atoms with van der Waals surface area (Å²) >= 11 is 11.2. The maximum absolute atomic E-state index is 5.89. The van der Waals surface area contributed by atoms with E-state index >= 15 is 0 Å². The lowest BCUT2D eigenvalue weighted by atomic mass is 10.3. The van der Waals surface area contributed by atoms with E-state index in [1.165, 1.54) is 0 Å². The van der Waals surface area contributed by atoms with Crippen LogP contribution in [-0.4, -0.2) is 16.5 Å². The first-order valence-electron chi connectivity index (χ1n) is 6.81. The number of halogens is 2. The Morgan fingerprint density at radius 2 is 1.90 bits per heavy atom. The van der Waals surface area contributed by atoms with Crippen LogP contribution in [0, 0.1) is 0 Å². The van der Waals surface area contributed by atoms with Crippen molar-refractivity contribution in [2.75, 3.05) is 11.9 Å². The number of hydrogen-bond donors (Lipinski definition) is 1. The summed E-state index contributed by atoms with van der Waals surface area (Å²) in [7, 11) is 0. The normalized spacial score (nSPS) is 10.7. The zero-order chi connectivity index (χ0) is 15.2. The van der Waals surface area contributed by atoms with Gasteiger partial charge >= 0.3 is 0 Å². The average molecular weight is 387 g/mol. The molecule has 0 spiro atoms. The van der Waals surface area contributed by atoms with E-state index < -0.39 is 0 Å². The Bertz CT molecular complexity index is 605. The third kappa shape index (κ3) is 4.59. The lowest BCUT2D eigenvalue weighted by Crippen LogP contribution is -2.07. The van der Waals surface area contributed by atoms with Crippen molar-refractivity contribution in [3.8, 4) is 0 Å². The highest BCUT2D eigenvalue weighted by molar-refractivity contribution is 9.10. The van der Waals surface area contributed by atoms with E-state index in [-0.39, 0.29) is 0 Å². The molecule has 0 aliphatic carbocycles. The van der Waals surface area contributed by atoms with Crippen LogP contribution < -0.4 is 5.32 Å². The molecule has 0 saturated heterocycles. The van der Waals surface area contributed by atoms with Crippen molar-refractivity contribution in [3.63, 3.8) is 0 Å². The van der Waals surface area contributed by atoms with Crippen LogP contribution in [0.3, 0.4) is 0 Å². The number of benzene rings is 1. The molecule has 0 radical (unpaired) electrons. The summed E-state index contributed by atoms with van der Waals surface area (Å²) in [5, 5.41) is 4.02. The highest BCUT2D eigenvalue weighted by Gasteiger charge is 2.10. The quantitative estimate of drug-likeness (QED) is 0.694. The second-order valence-corrected chi connectivity index (χ2v) is 6.65. The lowest BCUT2D eigenvalue weighted by Gasteiger charge is -2.11. The van der Waals surface area contributed by atoms with E-state index in [4.69, 9.17) is 11.6 Å². The Morgan fingerprint density at radius 1 is 1.19 bits per heavy atom. The lowest BCUT2D eigenvalue weighted by molar-refractivity contribution is 0.924. The first-order chi connectivity index (χ1) is 10.1. The van der Waals surface area contributed by atoms with Gasteiger partial charge in [0.15, 0.2) is 0 Å². The molecular formula is C15H17BrClN3S. The zero-order valence-corrected chi connectivity index (χ0v) is 15.1. The van der Waals surface area contributed by atoms with Crippen LogP contribution in [0.15, 0.2) is 33.6 Å². The Labute approximate surface area is 143 Å². The fourth-order valence-electron chi connectivity index (χ4n) is 1.81. The van der Waals surface area contributed by atoms with Crippen LogP contribution in [0.4, 0.5) is 5.82 Å². The van der Waals surface area contributed by atoms with E-state index in [1.807, 2.05) is 24.3 Å². The highest BCUT2D eigenvalue weighted by Crippen LogP contribution is 2.27. The molecule has 0 fully saturated rings. The molecule has 6 heteroatoms. The van der Waals surface area contributed by atoms with Gasteiger partial charge < -0.3 is 5.32 Å². The second-order valence-electron chi connectivity index (χ2n) is 4.38. The molecule has 3 nitrogen and oxygen atoms in total. The Balaban J connectivity index is 2.15. The minimum absolute atomic E-state index is 0.736. The Hall–Kier alpha value is -0.780. The van der Waals surface area contributed by atoms with Crippen LogP contribution >= 0.6 is 39.3 Å². The third-order valence-corrected chi connectivity index (χ3v) is 4.92. The fourth-order valence-corrected chi connectivity index (χ4v) is 3.28. The Morgan fingerprint density at radius 3 is 2.52 bits per heavy atom. The average Bonchev–Trinajstić information content (AvgIpc) is 2.49. The van der Waals surface area contributed by atoms with Gasteiger partial charge in [-0.05, 0) is 53.5 Å². The van der Waals surface area contributed by atoms with Gasteiger partial charge in [-0.15, -0.1) is 11.8 Å². The number of aromatic nitrogens is 2. The monoisotopic (exact) mass is 385 g/mol. The van der Waals surface area contributed by atoms with E-state index in [0.717, 1.165) is 50.4 Å². The van der Waals surface area contributed by atoms with Gasteiger partial charge in [-0.1, -0.05) is 18.5 Å². The SMILES string of the molecule is CCNc1nc(CSc2ccc(Cl)cc2)nc(CC)c1Br. The van der Waals surface area contributed by atoms with Crippen LogP contribution in [0.2, 0.25) is 5.02 Å². The maximum Gasteiger partial charge on any atom is 0.144 e. The summed E-state index contributed by atoms with van der Waals surface area (Å²) in [4.78, 5) is 10.4. The first-order valence-corrected chi connectivity index (χ1v) is 8.97. The van der Waals surface area contributed by atoms with Gasteiger partial charge in [0, 0.05) is 16.5 Å². The first kappa shape index (κ1) is 16.6. The van der Waals surface area contributed by atoms with Crippen molar-refractivity contribution in [3.05, 3.63) is 45.3 Å². The number of nitrogens with one attached hydrogen (secondary N) is 1.